The molecule has 20 heavy (non-hydrogen) atoms. The average Bonchev–Trinajstić information content (AvgIpc) is 2.80. The van der Waals surface area contributed by atoms with Crippen LogP contribution in [0.25, 0.3) is 0 Å². The van der Waals surface area contributed by atoms with Crippen LogP contribution in [0.4, 0.5) is 0 Å². The quantitative estimate of drug-likeness (QED) is 0.786. The number of rotatable bonds is 1. The van der Waals surface area contributed by atoms with E-state index in [1.165, 1.54) is 0 Å². The SMILES string of the molecule is CC(=O)N1CCCC1C(=O)N1CCC(N)C(C)(C)C1.Cl. The molecule has 6 heteroatoms. The van der Waals surface area contributed by atoms with Crippen molar-refractivity contribution in [2.75, 3.05) is 19.6 Å². The van der Waals surface area contributed by atoms with Gasteiger partial charge in [0.2, 0.25) is 11.8 Å². The minimum absolute atomic E-state index is 0. The number of piperidine rings is 1. The molecule has 116 valence electrons. The Labute approximate surface area is 127 Å². The second kappa shape index (κ2) is 6.31. The molecule has 2 fully saturated rings. The molecule has 2 rings (SSSR count). The van der Waals surface area contributed by atoms with Crippen molar-refractivity contribution >= 4 is 24.2 Å². The molecule has 0 aromatic rings. The van der Waals surface area contributed by atoms with Crippen LogP contribution in [-0.2, 0) is 9.59 Å². The summed E-state index contributed by atoms with van der Waals surface area (Å²) in [5.74, 6) is 0.108. The third-order valence-electron chi connectivity index (χ3n) is 4.57. The van der Waals surface area contributed by atoms with Crippen molar-refractivity contribution < 1.29 is 9.59 Å². The molecule has 0 radical (unpaired) electrons. The zero-order valence-electron chi connectivity index (χ0n) is 12.6. The van der Waals surface area contributed by atoms with Crippen LogP contribution in [0.15, 0.2) is 0 Å². The smallest absolute Gasteiger partial charge is 0.245 e. The minimum Gasteiger partial charge on any atom is -0.340 e. The van der Waals surface area contributed by atoms with Crippen molar-refractivity contribution in [2.24, 2.45) is 11.1 Å². The summed E-state index contributed by atoms with van der Waals surface area (Å²) < 4.78 is 0. The number of nitrogens with zero attached hydrogens (tertiary/aromatic N) is 2. The van der Waals surface area contributed by atoms with E-state index in [9.17, 15) is 9.59 Å². The lowest BCUT2D eigenvalue weighted by Gasteiger charge is -2.43. The molecule has 0 spiro atoms. The Bertz CT molecular complexity index is 387. The van der Waals surface area contributed by atoms with E-state index in [1.807, 2.05) is 4.90 Å². The Kier molecular flexibility index (Phi) is 5.44. The monoisotopic (exact) mass is 303 g/mol. The lowest BCUT2D eigenvalue weighted by molar-refractivity contribution is -0.145. The first-order valence-electron chi connectivity index (χ1n) is 7.14. The number of carbonyl (C=O) groups excluding carboxylic acids is 2. The molecule has 0 aliphatic carbocycles. The van der Waals surface area contributed by atoms with Gasteiger partial charge in [-0.3, -0.25) is 9.59 Å². The van der Waals surface area contributed by atoms with Crippen LogP contribution in [0.3, 0.4) is 0 Å². The van der Waals surface area contributed by atoms with E-state index in [0.717, 1.165) is 19.3 Å². The number of halogens is 1. The molecular formula is C14H26ClN3O2. The average molecular weight is 304 g/mol. The Morgan fingerprint density at radius 1 is 1.20 bits per heavy atom. The van der Waals surface area contributed by atoms with Gasteiger partial charge in [-0.25, -0.2) is 0 Å². The Morgan fingerprint density at radius 2 is 1.85 bits per heavy atom. The second-order valence-corrected chi connectivity index (χ2v) is 6.51. The van der Waals surface area contributed by atoms with Crippen molar-refractivity contribution in [3.05, 3.63) is 0 Å². The Hall–Kier alpha value is -0.810. The number of carbonyl (C=O) groups is 2. The van der Waals surface area contributed by atoms with Crippen LogP contribution in [0.1, 0.15) is 40.0 Å². The molecule has 2 aliphatic rings. The molecule has 2 saturated heterocycles. The first-order chi connectivity index (χ1) is 8.83. The van der Waals surface area contributed by atoms with Crippen molar-refractivity contribution in [2.45, 2.75) is 52.1 Å². The van der Waals surface area contributed by atoms with Gasteiger partial charge in [0, 0.05) is 32.6 Å². The molecule has 2 atom stereocenters. The summed E-state index contributed by atoms with van der Waals surface area (Å²) >= 11 is 0. The van der Waals surface area contributed by atoms with Gasteiger partial charge in [-0.2, -0.15) is 0 Å². The number of hydrogen-bond donors (Lipinski definition) is 1. The molecule has 0 saturated carbocycles. The topological polar surface area (TPSA) is 66.6 Å². The highest BCUT2D eigenvalue weighted by molar-refractivity contribution is 5.87. The van der Waals surface area contributed by atoms with Gasteiger partial charge >= 0.3 is 0 Å². The molecular weight excluding hydrogens is 278 g/mol. The van der Waals surface area contributed by atoms with Crippen LogP contribution < -0.4 is 5.73 Å². The van der Waals surface area contributed by atoms with E-state index < -0.39 is 0 Å². The van der Waals surface area contributed by atoms with E-state index in [-0.39, 0.29) is 41.7 Å². The molecule has 5 nitrogen and oxygen atoms in total. The first-order valence-corrected chi connectivity index (χ1v) is 7.14. The second-order valence-electron chi connectivity index (χ2n) is 6.51. The first kappa shape index (κ1) is 17.2. The fraction of sp³-hybridized carbons (Fsp3) is 0.857. The highest BCUT2D eigenvalue weighted by Gasteiger charge is 2.40. The molecule has 2 heterocycles. The van der Waals surface area contributed by atoms with E-state index in [4.69, 9.17) is 5.73 Å². The van der Waals surface area contributed by atoms with Crippen LogP contribution in [0, 0.1) is 5.41 Å². The van der Waals surface area contributed by atoms with Gasteiger partial charge in [0.15, 0.2) is 0 Å². The molecule has 0 aromatic carbocycles. The summed E-state index contributed by atoms with van der Waals surface area (Å²) in [6.07, 6.45) is 2.56. The fourth-order valence-electron chi connectivity index (χ4n) is 3.17. The molecule has 2 unspecified atom stereocenters. The number of likely N-dealkylation sites (tertiary alicyclic amines) is 2. The minimum atomic E-state index is -0.248. The maximum Gasteiger partial charge on any atom is 0.245 e. The zero-order valence-corrected chi connectivity index (χ0v) is 13.4. The van der Waals surface area contributed by atoms with Gasteiger partial charge in [-0.1, -0.05) is 13.8 Å². The predicted octanol–water partition coefficient (Wildman–Crippen LogP) is 1.00. The largest absolute Gasteiger partial charge is 0.340 e. The third-order valence-corrected chi connectivity index (χ3v) is 4.57. The summed E-state index contributed by atoms with van der Waals surface area (Å²) in [5, 5.41) is 0. The molecule has 0 aromatic heterocycles. The molecule has 2 amide bonds. The van der Waals surface area contributed by atoms with Gasteiger partial charge in [0.25, 0.3) is 0 Å². The van der Waals surface area contributed by atoms with Crippen LogP contribution in [-0.4, -0.2) is 53.3 Å². The zero-order chi connectivity index (χ0) is 14.2. The molecule has 2 N–H and O–H groups in total. The Balaban J connectivity index is 0.00000200. The van der Waals surface area contributed by atoms with Gasteiger partial charge in [0.05, 0.1) is 0 Å². The van der Waals surface area contributed by atoms with Gasteiger partial charge in [0.1, 0.15) is 6.04 Å². The number of nitrogens with two attached hydrogens (primary N) is 1. The van der Waals surface area contributed by atoms with E-state index >= 15 is 0 Å². The van der Waals surface area contributed by atoms with Crippen LogP contribution >= 0.6 is 12.4 Å². The summed E-state index contributed by atoms with van der Waals surface area (Å²) in [7, 11) is 0. The van der Waals surface area contributed by atoms with E-state index in [2.05, 4.69) is 13.8 Å². The predicted molar refractivity (Wildman–Crippen MR) is 80.6 cm³/mol. The number of amides is 2. The standard InChI is InChI=1S/C14H25N3O2.ClH/c1-10(18)17-7-4-5-11(17)13(19)16-8-6-12(15)14(2,3)9-16;/h11-12H,4-9,15H2,1-3H3;1H. The molecule has 2 aliphatic heterocycles. The maximum absolute atomic E-state index is 12.6. The summed E-state index contributed by atoms with van der Waals surface area (Å²) in [5.41, 5.74) is 6.05. The van der Waals surface area contributed by atoms with Crippen LogP contribution in [0.5, 0.6) is 0 Å². The van der Waals surface area contributed by atoms with Gasteiger partial charge < -0.3 is 15.5 Å². The third kappa shape index (κ3) is 3.26. The van der Waals surface area contributed by atoms with E-state index in [0.29, 0.717) is 19.6 Å². The van der Waals surface area contributed by atoms with Crippen molar-refractivity contribution in [3.63, 3.8) is 0 Å². The fourth-order valence-corrected chi connectivity index (χ4v) is 3.17. The van der Waals surface area contributed by atoms with Crippen LogP contribution in [0.2, 0.25) is 0 Å². The van der Waals surface area contributed by atoms with Crippen molar-refractivity contribution in [3.8, 4) is 0 Å². The normalized spacial score (nSPS) is 29.0. The van der Waals surface area contributed by atoms with Gasteiger partial charge in [-0.15, -0.1) is 12.4 Å². The summed E-state index contributed by atoms with van der Waals surface area (Å²) in [4.78, 5) is 27.8. The maximum atomic E-state index is 12.6. The lowest BCUT2D eigenvalue weighted by atomic mass is 9.79. The van der Waals surface area contributed by atoms with Crippen molar-refractivity contribution in [1.29, 1.82) is 0 Å². The number of hydrogen-bond acceptors (Lipinski definition) is 3. The van der Waals surface area contributed by atoms with Crippen molar-refractivity contribution in [1.82, 2.24) is 9.80 Å². The summed E-state index contributed by atoms with van der Waals surface area (Å²) in [6, 6.07) is -0.105. The summed E-state index contributed by atoms with van der Waals surface area (Å²) in [6.45, 7) is 7.87. The van der Waals surface area contributed by atoms with E-state index in [1.54, 1.807) is 11.8 Å². The molecule has 0 bridgehead atoms. The van der Waals surface area contributed by atoms with Gasteiger partial charge in [-0.05, 0) is 24.7 Å². The lowest BCUT2D eigenvalue weighted by Crippen LogP contribution is -2.57. The Morgan fingerprint density at radius 3 is 2.40 bits per heavy atom. The highest BCUT2D eigenvalue weighted by atomic mass is 35.5. The highest BCUT2D eigenvalue weighted by Crippen LogP contribution is 2.29.